The molecule has 2 rings (SSSR count). The SMILES string of the molecule is C(=C\N1CCCCC1)/CSC1=NCCN1. The minimum absolute atomic E-state index is 0.943. The van der Waals surface area contributed by atoms with E-state index in [2.05, 4.69) is 27.5 Å². The number of nitrogens with zero attached hydrogens (tertiary/aromatic N) is 2. The van der Waals surface area contributed by atoms with Crippen LogP contribution in [0.15, 0.2) is 17.3 Å². The van der Waals surface area contributed by atoms with Gasteiger partial charge in [-0.05, 0) is 25.5 Å². The van der Waals surface area contributed by atoms with Crippen LogP contribution < -0.4 is 5.32 Å². The fraction of sp³-hybridized carbons (Fsp3) is 0.727. The second-order valence-corrected chi connectivity index (χ2v) is 4.91. The summed E-state index contributed by atoms with van der Waals surface area (Å²) in [5, 5.41) is 4.37. The molecule has 3 nitrogen and oxygen atoms in total. The number of thioether (sulfide) groups is 1. The summed E-state index contributed by atoms with van der Waals surface area (Å²) < 4.78 is 0. The maximum atomic E-state index is 4.34. The largest absolute Gasteiger partial charge is 0.378 e. The zero-order valence-corrected chi connectivity index (χ0v) is 9.93. The molecule has 4 heteroatoms. The summed E-state index contributed by atoms with van der Waals surface area (Å²) in [5.41, 5.74) is 0. The highest BCUT2D eigenvalue weighted by Gasteiger charge is 2.05. The topological polar surface area (TPSA) is 27.6 Å². The molecule has 2 aliphatic heterocycles. The van der Waals surface area contributed by atoms with Crippen LogP contribution in [0.4, 0.5) is 0 Å². The molecule has 1 fully saturated rings. The first-order valence-electron chi connectivity index (χ1n) is 5.77. The number of hydrogen-bond donors (Lipinski definition) is 1. The van der Waals surface area contributed by atoms with Crippen molar-refractivity contribution in [3.8, 4) is 0 Å². The molecule has 0 atom stereocenters. The van der Waals surface area contributed by atoms with E-state index in [9.17, 15) is 0 Å². The first kappa shape index (κ1) is 10.9. The minimum atomic E-state index is 0.943. The van der Waals surface area contributed by atoms with Crippen LogP contribution >= 0.6 is 11.8 Å². The second-order valence-electron chi connectivity index (χ2n) is 3.91. The van der Waals surface area contributed by atoms with Gasteiger partial charge in [-0.15, -0.1) is 0 Å². The highest BCUT2D eigenvalue weighted by molar-refractivity contribution is 8.13. The second kappa shape index (κ2) is 6.05. The van der Waals surface area contributed by atoms with Gasteiger partial charge in [-0.3, -0.25) is 4.99 Å². The zero-order valence-electron chi connectivity index (χ0n) is 9.11. The zero-order chi connectivity index (χ0) is 10.3. The van der Waals surface area contributed by atoms with Crippen molar-refractivity contribution in [2.24, 2.45) is 4.99 Å². The van der Waals surface area contributed by atoms with Crippen molar-refractivity contribution >= 4 is 16.9 Å². The molecule has 0 aromatic heterocycles. The number of rotatable bonds is 3. The average Bonchev–Trinajstić information content (AvgIpc) is 2.79. The Bertz CT molecular complexity index is 244. The smallest absolute Gasteiger partial charge is 0.156 e. The van der Waals surface area contributed by atoms with Crippen molar-refractivity contribution in [1.82, 2.24) is 10.2 Å². The lowest BCUT2D eigenvalue weighted by molar-refractivity contribution is 0.309. The Balaban J connectivity index is 1.61. The molecule has 0 unspecified atom stereocenters. The van der Waals surface area contributed by atoms with E-state index >= 15 is 0 Å². The van der Waals surface area contributed by atoms with E-state index in [1.165, 1.54) is 32.4 Å². The first-order valence-corrected chi connectivity index (χ1v) is 6.75. The number of hydrogen-bond acceptors (Lipinski definition) is 4. The van der Waals surface area contributed by atoms with Crippen LogP contribution in [-0.2, 0) is 0 Å². The molecule has 2 heterocycles. The number of aliphatic imine (C=N–C) groups is 1. The molecule has 0 saturated carbocycles. The van der Waals surface area contributed by atoms with E-state index in [0.29, 0.717) is 0 Å². The Morgan fingerprint density at radius 2 is 2.20 bits per heavy atom. The third-order valence-corrected chi connectivity index (χ3v) is 3.57. The van der Waals surface area contributed by atoms with E-state index in [-0.39, 0.29) is 0 Å². The lowest BCUT2D eigenvalue weighted by Gasteiger charge is -2.24. The van der Waals surface area contributed by atoms with Crippen LogP contribution in [0.3, 0.4) is 0 Å². The van der Waals surface area contributed by atoms with Crippen LogP contribution in [0.25, 0.3) is 0 Å². The summed E-state index contributed by atoms with van der Waals surface area (Å²) in [6.45, 7) is 4.43. The Morgan fingerprint density at radius 3 is 2.93 bits per heavy atom. The van der Waals surface area contributed by atoms with Gasteiger partial charge in [-0.1, -0.05) is 17.8 Å². The predicted molar refractivity (Wildman–Crippen MR) is 67.3 cm³/mol. The average molecular weight is 225 g/mol. The van der Waals surface area contributed by atoms with Crippen molar-refractivity contribution in [3.63, 3.8) is 0 Å². The van der Waals surface area contributed by atoms with E-state index in [0.717, 1.165) is 24.0 Å². The third-order valence-electron chi connectivity index (χ3n) is 2.67. The summed E-state index contributed by atoms with van der Waals surface area (Å²) in [4.78, 5) is 6.77. The molecule has 0 aliphatic carbocycles. The van der Waals surface area contributed by atoms with Crippen LogP contribution in [0.2, 0.25) is 0 Å². The molecule has 0 radical (unpaired) electrons. The van der Waals surface area contributed by atoms with Gasteiger partial charge >= 0.3 is 0 Å². The van der Waals surface area contributed by atoms with E-state index in [1.54, 1.807) is 11.8 Å². The molecule has 0 aromatic rings. The molecule has 0 amide bonds. The summed E-state index contributed by atoms with van der Waals surface area (Å²) in [6, 6.07) is 0. The first-order chi connectivity index (χ1) is 7.45. The number of nitrogens with one attached hydrogen (secondary N) is 1. The maximum absolute atomic E-state index is 4.34. The maximum Gasteiger partial charge on any atom is 0.156 e. The monoisotopic (exact) mass is 225 g/mol. The van der Waals surface area contributed by atoms with Gasteiger partial charge in [0.05, 0.1) is 6.54 Å². The highest BCUT2D eigenvalue weighted by atomic mass is 32.2. The summed E-state index contributed by atoms with van der Waals surface area (Å²) >= 11 is 1.80. The number of likely N-dealkylation sites (tertiary alicyclic amines) is 1. The summed E-state index contributed by atoms with van der Waals surface area (Å²) in [6.07, 6.45) is 8.61. The summed E-state index contributed by atoms with van der Waals surface area (Å²) in [7, 11) is 0. The lowest BCUT2D eigenvalue weighted by atomic mass is 10.1. The standard InChI is InChI=1S/C11H19N3S/c1-2-7-14(8-3-1)9-4-10-15-11-12-5-6-13-11/h4,9H,1-3,5-8,10H2,(H,12,13)/b9-4+. The third kappa shape index (κ3) is 3.78. The fourth-order valence-corrected chi connectivity index (χ4v) is 2.59. The highest BCUT2D eigenvalue weighted by Crippen LogP contribution is 2.10. The molecule has 0 aromatic carbocycles. The van der Waals surface area contributed by atoms with Crippen LogP contribution in [0.5, 0.6) is 0 Å². The number of piperidine rings is 1. The van der Waals surface area contributed by atoms with Gasteiger partial charge in [0.1, 0.15) is 0 Å². The number of amidine groups is 1. The Hall–Kier alpha value is -0.640. The Kier molecular flexibility index (Phi) is 4.39. The summed E-state index contributed by atoms with van der Waals surface area (Å²) in [5.74, 6) is 1.03. The van der Waals surface area contributed by atoms with Crippen molar-refractivity contribution in [2.45, 2.75) is 19.3 Å². The van der Waals surface area contributed by atoms with Crippen molar-refractivity contribution < 1.29 is 0 Å². The molecule has 2 aliphatic rings. The van der Waals surface area contributed by atoms with E-state index in [1.807, 2.05) is 0 Å². The van der Waals surface area contributed by atoms with Crippen LogP contribution in [0.1, 0.15) is 19.3 Å². The molecule has 84 valence electrons. The minimum Gasteiger partial charge on any atom is -0.378 e. The molecule has 0 bridgehead atoms. The molecule has 1 N–H and O–H groups in total. The predicted octanol–water partition coefficient (Wildman–Crippen LogP) is 1.68. The van der Waals surface area contributed by atoms with Gasteiger partial charge in [-0.2, -0.15) is 0 Å². The Labute approximate surface area is 96.0 Å². The van der Waals surface area contributed by atoms with Gasteiger partial charge in [0.2, 0.25) is 0 Å². The van der Waals surface area contributed by atoms with Crippen molar-refractivity contribution in [2.75, 3.05) is 31.9 Å². The lowest BCUT2D eigenvalue weighted by Crippen LogP contribution is -2.24. The van der Waals surface area contributed by atoms with Crippen LogP contribution in [0, 0.1) is 0 Å². The van der Waals surface area contributed by atoms with Gasteiger partial charge in [-0.25, -0.2) is 0 Å². The molecular weight excluding hydrogens is 206 g/mol. The van der Waals surface area contributed by atoms with Gasteiger partial charge in [0, 0.05) is 25.4 Å². The van der Waals surface area contributed by atoms with E-state index in [4.69, 9.17) is 0 Å². The van der Waals surface area contributed by atoms with Gasteiger partial charge in [0.15, 0.2) is 5.17 Å². The molecular formula is C11H19N3S. The van der Waals surface area contributed by atoms with Crippen molar-refractivity contribution in [3.05, 3.63) is 12.3 Å². The van der Waals surface area contributed by atoms with E-state index < -0.39 is 0 Å². The van der Waals surface area contributed by atoms with Crippen LogP contribution in [-0.4, -0.2) is 42.0 Å². The fourth-order valence-electron chi connectivity index (χ4n) is 1.86. The van der Waals surface area contributed by atoms with Crippen molar-refractivity contribution in [1.29, 1.82) is 0 Å². The van der Waals surface area contributed by atoms with Gasteiger partial charge in [0.25, 0.3) is 0 Å². The van der Waals surface area contributed by atoms with Gasteiger partial charge < -0.3 is 10.2 Å². The quantitative estimate of drug-likeness (QED) is 0.792. The molecule has 15 heavy (non-hydrogen) atoms. The Morgan fingerprint density at radius 1 is 1.33 bits per heavy atom. The normalized spacial score (nSPS) is 21.9. The molecule has 0 spiro atoms. The molecule has 1 saturated heterocycles.